The fraction of sp³-hybridized carbons (Fsp3) is 0.0769. The summed E-state index contributed by atoms with van der Waals surface area (Å²) >= 11 is 0. The highest BCUT2D eigenvalue weighted by atomic mass is 19.1. The lowest BCUT2D eigenvalue weighted by Gasteiger charge is -2.07. The van der Waals surface area contributed by atoms with Crippen LogP contribution in [0.5, 0.6) is 0 Å². The lowest BCUT2D eigenvalue weighted by atomic mass is 10.0. The van der Waals surface area contributed by atoms with E-state index in [4.69, 9.17) is 0 Å². The zero-order valence-corrected chi connectivity index (χ0v) is 17.1. The van der Waals surface area contributed by atoms with Crippen LogP contribution in [0.2, 0.25) is 0 Å². The van der Waals surface area contributed by atoms with E-state index in [1.54, 1.807) is 35.3 Å². The van der Waals surface area contributed by atoms with Gasteiger partial charge < -0.3 is 9.88 Å². The molecule has 1 heterocycles. The number of rotatable bonds is 6. The number of amides is 1. The maximum absolute atomic E-state index is 14.4. The van der Waals surface area contributed by atoms with Crippen molar-refractivity contribution in [1.82, 2.24) is 14.9 Å². The van der Waals surface area contributed by atoms with E-state index in [0.29, 0.717) is 17.8 Å². The van der Waals surface area contributed by atoms with E-state index in [9.17, 15) is 9.18 Å². The van der Waals surface area contributed by atoms with E-state index >= 15 is 0 Å². The van der Waals surface area contributed by atoms with E-state index in [0.717, 1.165) is 22.4 Å². The average Bonchev–Trinajstić information content (AvgIpc) is 3.23. The second-order valence-electron chi connectivity index (χ2n) is 7.25. The number of aryl methyl sites for hydroxylation is 1. The van der Waals surface area contributed by atoms with Gasteiger partial charge in [-0.3, -0.25) is 4.79 Å². The van der Waals surface area contributed by atoms with Crippen LogP contribution >= 0.6 is 0 Å². The van der Waals surface area contributed by atoms with Gasteiger partial charge in [-0.1, -0.05) is 54.6 Å². The van der Waals surface area contributed by atoms with Crippen molar-refractivity contribution < 1.29 is 9.18 Å². The Morgan fingerprint density at radius 1 is 1.03 bits per heavy atom. The van der Waals surface area contributed by atoms with Crippen molar-refractivity contribution in [3.8, 4) is 16.8 Å². The molecule has 1 amide bonds. The van der Waals surface area contributed by atoms with Gasteiger partial charge in [-0.15, -0.1) is 0 Å². The molecule has 31 heavy (non-hydrogen) atoms. The first-order valence-corrected chi connectivity index (χ1v) is 9.99. The monoisotopic (exact) mass is 411 g/mol. The number of imidazole rings is 1. The Hall–Kier alpha value is -3.99. The second kappa shape index (κ2) is 9.22. The Balaban J connectivity index is 1.37. The minimum atomic E-state index is -0.377. The van der Waals surface area contributed by atoms with Crippen LogP contribution in [0.3, 0.4) is 0 Å². The Morgan fingerprint density at radius 2 is 1.84 bits per heavy atom. The first-order valence-electron chi connectivity index (χ1n) is 9.99. The number of nitrogens with zero attached hydrogens (tertiary/aromatic N) is 2. The number of carbonyl (C=O) groups excluding carboxylic acids is 1. The van der Waals surface area contributed by atoms with Crippen LogP contribution in [-0.4, -0.2) is 15.5 Å². The summed E-state index contributed by atoms with van der Waals surface area (Å²) in [5, 5.41) is 2.87. The Labute approximate surface area is 180 Å². The number of hydrogen-bond acceptors (Lipinski definition) is 2. The van der Waals surface area contributed by atoms with Crippen LogP contribution in [0.25, 0.3) is 22.9 Å². The van der Waals surface area contributed by atoms with Gasteiger partial charge in [0.15, 0.2) is 0 Å². The molecule has 1 N–H and O–H groups in total. The number of nitrogens with one attached hydrogen (secondary N) is 1. The predicted molar refractivity (Wildman–Crippen MR) is 121 cm³/mol. The molecule has 4 nitrogen and oxygen atoms in total. The molecule has 0 saturated carbocycles. The normalized spacial score (nSPS) is 11.0. The Morgan fingerprint density at radius 3 is 2.58 bits per heavy atom. The summed E-state index contributed by atoms with van der Waals surface area (Å²) in [5.74, 6) is -0.613. The summed E-state index contributed by atoms with van der Waals surface area (Å²) in [6.45, 7) is 2.26. The van der Waals surface area contributed by atoms with Gasteiger partial charge in [0.2, 0.25) is 5.91 Å². The molecule has 5 heteroatoms. The van der Waals surface area contributed by atoms with E-state index in [1.165, 1.54) is 12.1 Å². The largest absolute Gasteiger partial charge is 0.348 e. The number of carbonyl (C=O) groups is 1. The van der Waals surface area contributed by atoms with Gasteiger partial charge >= 0.3 is 0 Å². The highest BCUT2D eigenvalue weighted by Crippen LogP contribution is 2.20. The third-order valence-electron chi connectivity index (χ3n) is 4.89. The maximum Gasteiger partial charge on any atom is 0.244 e. The molecule has 154 valence electrons. The molecule has 4 aromatic rings. The first-order chi connectivity index (χ1) is 15.1. The zero-order chi connectivity index (χ0) is 21.6. The standard InChI is InChI=1S/C26H22FN3O/c1-19-17-30(18-29-19)25-12-10-20(15-24(25)27)11-13-26(31)28-16-21-6-5-9-23(14-21)22-7-3-2-4-8-22/h2-15,17-18H,16H2,1H3,(H,28,31). The molecule has 1 aromatic heterocycles. The summed E-state index contributed by atoms with van der Waals surface area (Å²) in [7, 11) is 0. The van der Waals surface area contributed by atoms with Crippen molar-refractivity contribution in [3.63, 3.8) is 0 Å². The fourth-order valence-electron chi connectivity index (χ4n) is 3.30. The molecule has 0 aliphatic rings. The summed E-state index contributed by atoms with van der Waals surface area (Å²) in [6, 6.07) is 23.0. The van der Waals surface area contributed by atoms with Crippen molar-refractivity contribution in [1.29, 1.82) is 0 Å². The molecule has 3 aromatic carbocycles. The van der Waals surface area contributed by atoms with Crippen molar-refractivity contribution in [3.05, 3.63) is 114 Å². The van der Waals surface area contributed by atoms with Crippen molar-refractivity contribution >= 4 is 12.0 Å². The summed E-state index contributed by atoms with van der Waals surface area (Å²) < 4.78 is 16.1. The number of halogens is 1. The maximum atomic E-state index is 14.4. The smallest absolute Gasteiger partial charge is 0.244 e. The number of aromatic nitrogens is 2. The van der Waals surface area contributed by atoms with Crippen molar-refractivity contribution in [2.45, 2.75) is 13.5 Å². The van der Waals surface area contributed by atoms with Crippen LogP contribution in [0.1, 0.15) is 16.8 Å². The van der Waals surface area contributed by atoms with Crippen LogP contribution in [0.15, 0.2) is 91.4 Å². The SMILES string of the molecule is Cc1cn(-c2ccc(C=CC(=O)NCc3cccc(-c4ccccc4)c3)cc2F)cn1. The molecule has 0 radical (unpaired) electrons. The minimum absolute atomic E-state index is 0.236. The van der Waals surface area contributed by atoms with Gasteiger partial charge in [0.1, 0.15) is 5.82 Å². The second-order valence-corrected chi connectivity index (χ2v) is 7.25. The third-order valence-corrected chi connectivity index (χ3v) is 4.89. The molecule has 0 saturated heterocycles. The molecular weight excluding hydrogens is 389 g/mol. The van der Waals surface area contributed by atoms with E-state index in [1.807, 2.05) is 43.3 Å². The predicted octanol–water partition coefficient (Wildman–Crippen LogP) is 5.32. The molecule has 0 fully saturated rings. The Bertz CT molecular complexity index is 1230. The van der Waals surface area contributed by atoms with Crippen LogP contribution in [0, 0.1) is 12.7 Å². The molecule has 0 aliphatic heterocycles. The van der Waals surface area contributed by atoms with E-state index in [-0.39, 0.29) is 11.7 Å². The quantitative estimate of drug-likeness (QED) is 0.437. The molecule has 0 unspecified atom stereocenters. The van der Waals surface area contributed by atoms with Gasteiger partial charge in [0, 0.05) is 18.8 Å². The molecule has 0 spiro atoms. The molecule has 4 rings (SSSR count). The van der Waals surface area contributed by atoms with Gasteiger partial charge in [0.25, 0.3) is 0 Å². The van der Waals surface area contributed by atoms with E-state index < -0.39 is 0 Å². The fourth-order valence-corrected chi connectivity index (χ4v) is 3.30. The minimum Gasteiger partial charge on any atom is -0.348 e. The van der Waals surface area contributed by atoms with E-state index in [2.05, 4.69) is 28.5 Å². The molecular formula is C26H22FN3O. The molecule has 0 aliphatic carbocycles. The molecule has 0 atom stereocenters. The average molecular weight is 411 g/mol. The summed E-state index contributed by atoms with van der Waals surface area (Å²) in [5.41, 5.74) is 5.08. The van der Waals surface area contributed by atoms with Gasteiger partial charge in [-0.2, -0.15) is 0 Å². The van der Waals surface area contributed by atoms with Crippen molar-refractivity contribution in [2.75, 3.05) is 0 Å². The van der Waals surface area contributed by atoms with Crippen LogP contribution < -0.4 is 5.32 Å². The van der Waals surface area contributed by atoms with Crippen molar-refractivity contribution in [2.24, 2.45) is 0 Å². The van der Waals surface area contributed by atoms with Crippen LogP contribution in [0.4, 0.5) is 4.39 Å². The van der Waals surface area contributed by atoms with Gasteiger partial charge in [-0.05, 0) is 53.5 Å². The number of benzene rings is 3. The molecule has 0 bridgehead atoms. The lowest BCUT2D eigenvalue weighted by molar-refractivity contribution is -0.116. The zero-order valence-electron chi connectivity index (χ0n) is 17.1. The summed E-state index contributed by atoms with van der Waals surface area (Å²) in [4.78, 5) is 16.3. The number of hydrogen-bond donors (Lipinski definition) is 1. The third kappa shape index (κ3) is 5.14. The summed E-state index contributed by atoms with van der Waals surface area (Å²) in [6.07, 6.45) is 6.34. The Kier molecular flexibility index (Phi) is 6.03. The van der Waals surface area contributed by atoms with Crippen LogP contribution in [-0.2, 0) is 11.3 Å². The highest BCUT2D eigenvalue weighted by Gasteiger charge is 2.06. The van der Waals surface area contributed by atoms with Gasteiger partial charge in [0.05, 0.1) is 17.7 Å². The lowest BCUT2D eigenvalue weighted by Crippen LogP contribution is -2.20. The van der Waals surface area contributed by atoms with Gasteiger partial charge in [-0.25, -0.2) is 9.37 Å². The topological polar surface area (TPSA) is 46.9 Å². The highest BCUT2D eigenvalue weighted by molar-refractivity contribution is 5.91. The first kappa shape index (κ1) is 20.3.